The van der Waals surface area contributed by atoms with Crippen LogP contribution < -0.4 is 5.32 Å². The molecule has 5 nitrogen and oxygen atoms in total. The van der Waals surface area contributed by atoms with E-state index < -0.39 is 0 Å². The number of aliphatic imine (C=N–C) groups is 1. The standard InChI is InChI=1S/C24H20N2O3S/c1-2-29-22(27)15-16-8-11-20(12-9-16)25-24-26-23(28)21(30-24)14-17-7-10-18-5-3-4-6-19(18)13-17/h3-14H,2,15H2,1H3,(H,25,26,28)/b21-14+. The van der Waals surface area contributed by atoms with E-state index in [1.54, 1.807) is 6.92 Å². The first-order valence-corrected chi connectivity index (χ1v) is 10.5. The van der Waals surface area contributed by atoms with Crippen LogP contribution in [-0.2, 0) is 20.7 Å². The molecular weight excluding hydrogens is 396 g/mol. The number of carbonyl (C=O) groups excluding carboxylic acids is 2. The summed E-state index contributed by atoms with van der Waals surface area (Å²) in [7, 11) is 0. The summed E-state index contributed by atoms with van der Waals surface area (Å²) in [6.07, 6.45) is 2.10. The van der Waals surface area contributed by atoms with Crippen LogP contribution >= 0.6 is 11.8 Å². The summed E-state index contributed by atoms with van der Waals surface area (Å²) < 4.78 is 4.96. The lowest BCUT2D eigenvalue weighted by Crippen LogP contribution is -2.19. The SMILES string of the molecule is CCOC(=O)Cc1ccc(N=C2NC(=O)/C(=C\c3ccc4ccccc4c3)S2)cc1. The minimum absolute atomic E-state index is 0.161. The summed E-state index contributed by atoms with van der Waals surface area (Å²) in [4.78, 5) is 29.0. The Labute approximate surface area is 178 Å². The Morgan fingerprint density at radius 1 is 1.07 bits per heavy atom. The van der Waals surface area contributed by atoms with Gasteiger partial charge in [-0.1, -0.05) is 48.5 Å². The summed E-state index contributed by atoms with van der Waals surface area (Å²) in [5.74, 6) is -0.413. The van der Waals surface area contributed by atoms with E-state index in [4.69, 9.17) is 4.74 Å². The number of benzene rings is 3. The number of carbonyl (C=O) groups is 2. The highest BCUT2D eigenvalue weighted by Gasteiger charge is 2.23. The Hall–Kier alpha value is -3.38. The van der Waals surface area contributed by atoms with Gasteiger partial charge >= 0.3 is 5.97 Å². The average molecular weight is 417 g/mol. The first-order chi connectivity index (χ1) is 14.6. The van der Waals surface area contributed by atoms with Crippen LogP contribution in [0.15, 0.2) is 76.6 Å². The highest BCUT2D eigenvalue weighted by molar-refractivity contribution is 8.18. The van der Waals surface area contributed by atoms with E-state index in [0.717, 1.165) is 21.9 Å². The number of hydrogen-bond acceptors (Lipinski definition) is 5. The van der Waals surface area contributed by atoms with Crippen LogP contribution in [0, 0.1) is 0 Å². The zero-order valence-electron chi connectivity index (χ0n) is 16.4. The number of rotatable bonds is 5. The maximum absolute atomic E-state index is 12.3. The molecule has 0 aliphatic carbocycles. The summed E-state index contributed by atoms with van der Waals surface area (Å²) >= 11 is 1.31. The molecule has 1 fully saturated rings. The zero-order valence-corrected chi connectivity index (χ0v) is 17.2. The molecule has 0 unspecified atom stereocenters. The Balaban J connectivity index is 1.47. The van der Waals surface area contributed by atoms with E-state index in [-0.39, 0.29) is 18.3 Å². The van der Waals surface area contributed by atoms with Gasteiger partial charge in [-0.2, -0.15) is 0 Å². The van der Waals surface area contributed by atoms with Crippen molar-refractivity contribution >= 4 is 51.3 Å². The van der Waals surface area contributed by atoms with Crippen molar-refractivity contribution in [2.24, 2.45) is 4.99 Å². The lowest BCUT2D eigenvalue weighted by atomic mass is 10.1. The third-order valence-electron chi connectivity index (χ3n) is 4.54. The van der Waals surface area contributed by atoms with Gasteiger partial charge in [0, 0.05) is 0 Å². The molecule has 0 spiro atoms. The van der Waals surface area contributed by atoms with Gasteiger partial charge in [0.25, 0.3) is 5.91 Å². The molecule has 3 aromatic carbocycles. The Kier molecular flexibility index (Phi) is 5.95. The van der Waals surface area contributed by atoms with Gasteiger partial charge in [-0.15, -0.1) is 0 Å². The Morgan fingerprint density at radius 2 is 1.83 bits per heavy atom. The van der Waals surface area contributed by atoms with Gasteiger partial charge in [-0.05, 0) is 64.9 Å². The van der Waals surface area contributed by atoms with Gasteiger partial charge in [0.1, 0.15) is 0 Å². The molecule has 1 aliphatic heterocycles. The fourth-order valence-electron chi connectivity index (χ4n) is 3.11. The molecule has 6 heteroatoms. The molecule has 1 amide bonds. The molecule has 1 N–H and O–H groups in total. The third-order valence-corrected chi connectivity index (χ3v) is 5.45. The topological polar surface area (TPSA) is 67.8 Å². The number of nitrogens with one attached hydrogen (secondary N) is 1. The number of fused-ring (bicyclic) bond motifs is 1. The molecular formula is C24H20N2O3S. The number of nitrogens with zero attached hydrogens (tertiary/aromatic N) is 1. The van der Waals surface area contributed by atoms with Crippen molar-refractivity contribution in [1.82, 2.24) is 5.32 Å². The molecule has 1 heterocycles. The predicted octanol–water partition coefficient (Wildman–Crippen LogP) is 4.84. The monoisotopic (exact) mass is 416 g/mol. The average Bonchev–Trinajstić information content (AvgIpc) is 3.08. The number of amidine groups is 1. The van der Waals surface area contributed by atoms with E-state index in [1.807, 2.05) is 54.6 Å². The fourth-order valence-corrected chi connectivity index (χ4v) is 3.96. The van der Waals surface area contributed by atoms with Gasteiger partial charge in [0.15, 0.2) is 5.17 Å². The Bertz CT molecular complexity index is 1170. The first kappa shape index (κ1) is 19.9. The molecule has 30 heavy (non-hydrogen) atoms. The smallest absolute Gasteiger partial charge is 0.310 e. The first-order valence-electron chi connectivity index (χ1n) is 9.63. The molecule has 4 rings (SSSR count). The van der Waals surface area contributed by atoms with Crippen LogP contribution in [0.4, 0.5) is 5.69 Å². The quantitative estimate of drug-likeness (QED) is 0.478. The molecule has 1 saturated heterocycles. The van der Waals surface area contributed by atoms with Crippen LogP contribution in [0.25, 0.3) is 16.8 Å². The van der Waals surface area contributed by atoms with Crippen LogP contribution in [0.5, 0.6) is 0 Å². The Morgan fingerprint density at radius 3 is 2.60 bits per heavy atom. The normalized spacial score (nSPS) is 16.2. The zero-order chi connectivity index (χ0) is 20.9. The van der Waals surface area contributed by atoms with E-state index in [9.17, 15) is 9.59 Å². The van der Waals surface area contributed by atoms with Crippen molar-refractivity contribution in [2.45, 2.75) is 13.3 Å². The summed E-state index contributed by atoms with van der Waals surface area (Å²) in [5.41, 5.74) is 2.53. The van der Waals surface area contributed by atoms with Gasteiger partial charge in [0.05, 0.1) is 23.6 Å². The van der Waals surface area contributed by atoms with Crippen LogP contribution in [0.1, 0.15) is 18.1 Å². The van der Waals surface area contributed by atoms with E-state index in [0.29, 0.717) is 22.4 Å². The van der Waals surface area contributed by atoms with E-state index in [2.05, 4.69) is 28.5 Å². The second-order valence-electron chi connectivity index (χ2n) is 6.74. The minimum atomic E-state index is -0.251. The van der Waals surface area contributed by atoms with Crippen LogP contribution in [0.3, 0.4) is 0 Å². The predicted molar refractivity (Wildman–Crippen MR) is 122 cm³/mol. The van der Waals surface area contributed by atoms with Gasteiger partial charge in [-0.3, -0.25) is 9.59 Å². The van der Waals surface area contributed by atoms with Crippen molar-refractivity contribution < 1.29 is 14.3 Å². The maximum Gasteiger partial charge on any atom is 0.310 e. The van der Waals surface area contributed by atoms with Crippen LogP contribution in [0.2, 0.25) is 0 Å². The minimum Gasteiger partial charge on any atom is -0.466 e. The van der Waals surface area contributed by atoms with Crippen molar-refractivity contribution in [3.05, 3.63) is 82.8 Å². The number of thioether (sulfide) groups is 1. The van der Waals surface area contributed by atoms with Gasteiger partial charge < -0.3 is 10.1 Å². The summed E-state index contributed by atoms with van der Waals surface area (Å²) in [6, 6.07) is 21.5. The van der Waals surface area contributed by atoms with E-state index >= 15 is 0 Å². The molecule has 150 valence electrons. The van der Waals surface area contributed by atoms with E-state index in [1.165, 1.54) is 11.8 Å². The molecule has 0 radical (unpaired) electrons. The van der Waals surface area contributed by atoms with Crippen molar-refractivity contribution in [1.29, 1.82) is 0 Å². The van der Waals surface area contributed by atoms with Crippen LogP contribution in [-0.4, -0.2) is 23.7 Å². The molecule has 1 aliphatic rings. The molecule has 0 bridgehead atoms. The number of esters is 1. The molecule has 3 aromatic rings. The molecule has 0 aromatic heterocycles. The van der Waals surface area contributed by atoms with Crippen molar-refractivity contribution in [3.63, 3.8) is 0 Å². The highest BCUT2D eigenvalue weighted by atomic mass is 32.2. The maximum atomic E-state index is 12.3. The number of hydrogen-bond donors (Lipinski definition) is 1. The summed E-state index contributed by atoms with van der Waals surface area (Å²) in [6.45, 7) is 2.16. The van der Waals surface area contributed by atoms with Gasteiger partial charge in [0.2, 0.25) is 0 Å². The molecule has 0 saturated carbocycles. The number of amides is 1. The van der Waals surface area contributed by atoms with Gasteiger partial charge in [-0.25, -0.2) is 4.99 Å². The lowest BCUT2D eigenvalue weighted by molar-refractivity contribution is -0.142. The van der Waals surface area contributed by atoms with Crippen molar-refractivity contribution in [2.75, 3.05) is 6.61 Å². The molecule has 0 atom stereocenters. The second kappa shape index (κ2) is 8.97. The highest BCUT2D eigenvalue weighted by Crippen LogP contribution is 2.29. The second-order valence-corrected chi connectivity index (χ2v) is 7.77. The largest absolute Gasteiger partial charge is 0.466 e. The fraction of sp³-hybridized carbons (Fsp3) is 0.125. The summed E-state index contributed by atoms with van der Waals surface area (Å²) in [5, 5.41) is 5.63. The number of ether oxygens (including phenoxy) is 1. The third kappa shape index (κ3) is 4.78. The van der Waals surface area contributed by atoms with Crippen molar-refractivity contribution in [3.8, 4) is 0 Å². The lowest BCUT2D eigenvalue weighted by Gasteiger charge is -2.02.